The number of nitrogens with zero attached hydrogens (tertiary/aromatic N) is 2. The van der Waals surface area contributed by atoms with Crippen LogP contribution in [0.2, 0.25) is 10.0 Å². The second kappa shape index (κ2) is 9.26. The Labute approximate surface area is 181 Å². The topological polar surface area (TPSA) is 78.8 Å². The molecule has 0 radical (unpaired) electrons. The Kier molecular flexibility index (Phi) is 7.45. The molecule has 0 aliphatic carbocycles. The summed E-state index contributed by atoms with van der Waals surface area (Å²) in [5, 5.41) is 4.14. The van der Waals surface area contributed by atoms with Crippen molar-refractivity contribution in [1.29, 1.82) is 0 Å². The molecule has 0 bridgehead atoms. The third kappa shape index (κ3) is 6.27. The molecular formula is C20H23Cl2N3O3S. The van der Waals surface area contributed by atoms with E-state index in [9.17, 15) is 13.2 Å². The van der Waals surface area contributed by atoms with Gasteiger partial charge in [-0.05, 0) is 34.7 Å². The van der Waals surface area contributed by atoms with E-state index in [1.807, 2.05) is 24.3 Å². The molecule has 0 saturated heterocycles. The molecule has 9 heteroatoms. The van der Waals surface area contributed by atoms with Crippen LogP contribution in [0.4, 0.5) is 0 Å². The second-order valence-electron chi connectivity index (χ2n) is 7.50. The van der Waals surface area contributed by atoms with Gasteiger partial charge >= 0.3 is 0 Å². The quantitative estimate of drug-likeness (QED) is 0.526. The van der Waals surface area contributed by atoms with E-state index < -0.39 is 22.5 Å². The number of benzene rings is 2. The summed E-state index contributed by atoms with van der Waals surface area (Å²) >= 11 is 11.8. The first-order valence-corrected chi connectivity index (χ1v) is 10.9. The number of rotatable bonds is 6. The van der Waals surface area contributed by atoms with Gasteiger partial charge in [-0.2, -0.15) is 9.41 Å². The van der Waals surface area contributed by atoms with Gasteiger partial charge in [0.15, 0.2) is 0 Å². The average Bonchev–Trinajstić information content (AvgIpc) is 2.63. The van der Waals surface area contributed by atoms with E-state index in [1.165, 1.54) is 37.0 Å². The molecule has 0 unspecified atom stereocenters. The Morgan fingerprint density at radius 1 is 1.14 bits per heavy atom. The monoisotopic (exact) mass is 455 g/mol. The first-order chi connectivity index (χ1) is 13.4. The Morgan fingerprint density at radius 2 is 1.76 bits per heavy atom. The average molecular weight is 456 g/mol. The van der Waals surface area contributed by atoms with Crippen molar-refractivity contribution in [3.63, 3.8) is 0 Å². The molecule has 0 heterocycles. The predicted molar refractivity (Wildman–Crippen MR) is 117 cm³/mol. The van der Waals surface area contributed by atoms with Crippen molar-refractivity contribution in [2.24, 2.45) is 5.10 Å². The molecule has 0 atom stereocenters. The first kappa shape index (κ1) is 23.3. The van der Waals surface area contributed by atoms with E-state index >= 15 is 0 Å². The Balaban J connectivity index is 1.99. The molecule has 6 nitrogen and oxygen atoms in total. The number of halogens is 2. The molecule has 0 aliphatic heterocycles. The Bertz CT molecular complexity index is 1010. The number of likely N-dealkylation sites (N-methyl/N-ethyl adjacent to an activating group) is 1. The maximum Gasteiger partial charge on any atom is 0.255 e. The van der Waals surface area contributed by atoms with Gasteiger partial charge in [-0.3, -0.25) is 4.79 Å². The predicted octanol–water partition coefficient (Wildman–Crippen LogP) is 4.06. The molecule has 0 aromatic heterocycles. The number of hydrogen-bond acceptors (Lipinski definition) is 4. The normalized spacial score (nSPS) is 12.5. The summed E-state index contributed by atoms with van der Waals surface area (Å²) in [7, 11) is -2.70. The highest BCUT2D eigenvalue weighted by atomic mass is 35.5. The van der Waals surface area contributed by atoms with Crippen molar-refractivity contribution in [2.75, 3.05) is 13.6 Å². The zero-order valence-corrected chi connectivity index (χ0v) is 18.9. The number of nitrogens with one attached hydrogen (secondary N) is 1. The molecule has 0 fully saturated rings. The van der Waals surface area contributed by atoms with Crippen molar-refractivity contribution in [3.8, 4) is 0 Å². The van der Waals surface area contributed by atoms with Crippen LogP contribution in [-0.4, -0.2) is 38.4 Å². The molecule has 156 valence electrons. The first-order valence-electron chi connectivity index (χ1n) is 8.75. The van der Waals surface area contributed by atoms with E-state index in [0.29, 0.717) is 0 Å². The van der Waals surface area contributed by atoms with E-state index in [4.69, 9.17) is 23.2 Å². The van der Waals surface area contributed by atoms with Gasteiger partial charge in [0.05, 0.1) is 17.8 Å². The zero-order chi connectivity index (χ0) is 21.8. The largest absolute Gasteiger partial charge is 0.272 e. The number of hydrazone groups is 1. The summed E-state index contributed by atoms with van der Waals surface area (Å²) in [5.74, 6) is -0.586. The number of amides is 1. The molecule has 2 rings (SSSR count). The summed E-state index contributed by atoms with van der Waals surface area (Å²) < 4.78 is 26.1. The van der Waals surface area contributed by atoms with E-state index in [1.54, 1.807) is 0 Å². The SMILES string of the molecule is CN(CC(=O)N/N=C\c1ccc(C(C)(C)C)cc1)S(=O)(=O)c1cc(Cl)ccc1Cl. The van der Waals surface area contributed by atoms with Crippen molar-refractivity contribution < 1.29 is 13.2 Å². The molecular weight excluding hydrogens is 433 g/mol. The number of sulfonamides is 1. The molecule has 29 heavy (non-hydrogen) atoms. The van der Waals surface area contributed by atoms with Crippen LogP contribution in [0, 0.1) is 0 Å². The number of hydrogen-bond donors (Lipinski definition) is 1. The third-order valence-electron chi connectivity index (χ3n) is 4.13. The molecule has 0 spiro atoms. The van der Waals surface area contributed by atoms with Crippen molar-refractivity contribution in [2.45, 2.75) is 31.1 Å². The minimum Gasteiger partial charge on any atom is -0.272 e. The Hall–Kier alpha value is -1.93. The van der Waals surface area contributed by atoms with E-state index in [-0.39, 0.29) is 20.4 Å². The lowest BCUT2D eigenvalue weighted by Crippen LogP contribution is -2.36. The van der Waals surface area contributed by atoms with E-state index in [0.717, 1.165) is 9.87 Å². The molecule has 2 aromatic carbocycles. The number of carbonyl (C=O) groups excluding carboxylic acids is 1. The summed E-state index contributed by atoms with van der Waals surface area (Å²) in [6.45, 7) is 5.94. The fourth-order valence-electron chi connectivity index (χ4n) is 2.41. The minimum atomic E-state index is -3.98. The highest BCUT2D eigenvalue weighted by molar-refractivity contribution is 7.89. The van der Waals surface area contributed by atoms with Crippen LogP contribution < -0.4 is 5.43 Å². The maximum absolute atomic E-state index is 12.6. The Morgan fingerprint density at radius 3 is 2.34 bits per heavy atom. The molecule has 2 aromatic rings. The molecule has 0 saturated carbocycles. The van der Waals surface area contributed by atoms with Crippen LogP contribution in [0.1, 0.15) is 31.9 Å². The van der Waals surface area contributed by atoms with Gasteiger partial charge in [-0.25, -0.2) is 13.8 Å². The van der Waals surface area contributed by atoms with Gasteiger partial charge in [0.1, 0.15) is 4.90 Å². The third-order valence-corrected chi connectivity index (χ3v) is 6.65. The van der Waals surface area contributed by atoms with E-state index in [2.05, 4.69) is 31.3 Å². The standard InChI is InChI=1S/C20H23Cl2N3O3S/c1-20(2,3)15-7-5-14(6-8-15)12-23-24-19(26)13-25(4)29(27,28)18-11-16(21)9-10-17(18)22/h5-12H,13H2,1-4H3,(H,24,26)/b23-12-. The van der Waals surface area contributed by atoms with Crippen molar-refractivity contribution >= 4 is 45.3 Å². The lowest BCUT2D eigenvalue weighted by molar-refractivity contribution is -0.121. The fourth-order valence-corrected chi connectivity index (χ4v) is 4.27. The van der Waals surface area contributed by atoms with Gasteiger partial charge in [0, 0.05) is 12.1 Å². The van der Waals surface area contributed by atoms with Gasteiger partial charge in [-0.1, -0.05) is 68.2 Å². The summed E-state index contributed by atoms with van der Waals surface area (Å²) in [6, 6.07) is 11.9. The minimum absolute atomic E-state index is 0.0263. The smallest absolute Gasteiger partial charge is 0.255 e. The van der Waals surface area contributed by atoms with Crippen LogP contribution in [0.5, 0.6) is 0 Å². The molecule has 0 aliphatic rings. The van der Waals surface area contributed by atoms with Crippen LogP contribution in [0.3, 0.4) is 0 Å². The lowest BCUT2D eigenvalue weighted by Gasteiger charge is -2.18. The van der Waals surface area contributed by atoms with Crippen molar-refractivity contribution in [1.82, 2.24) is 9.73 Å². The fraction of sp³-hybridized carbons (Fsp3) is 0.300. The van der Waals surface area contributed by atoms with Gasteiger partial charge < -0.3 is 0 Å². The number of carbonyl (C=O) groups is 1. The van der Waals surface area contributed by atoms with Gasteiger partial charge in [0.2, 0.25) is 10.0 Å². The summed E-state index contributed by atoms with van der Waals surface area (Å²) in [4.78, 5) is 11.9. The van der Waals surface area contributed by atoms with Crippen LogP contribution in [-0.2, 0) is 20.2 Å². The zero-order valence-electron chi connectivity index (χ0n) is 16.6. The van der Waals surface area contributed by atoms with Gasteiger partial charge in [-0.15, -0.1) is 0 Å². The summed E-state index contributed by atoms with van der Waals surface area (Å²) in [5.41, 5.74) is 4.36. The maximum atomic E-state index is 12.6. The second-order valence-corrected chi connectivity index (χ2v) is 10.4. The van der Waals surface area contributed by atoms with Crippen LogP contribution in [0.25, 0.3) is 0 Å². The van der Waals surface area contributed by atoms with Crippen molar-refractivity contribution in [3.05, 3.63) is 63.6 Å². The highest BCUT2D eigenvalue weighted by Crippen LogP contribution is 2.27. The molecule has 1 amide bonds. The molecule has 1 N–H and O–H groups in total. The van der Waals surface area contributed by atoms with Gasteiger partial charge in [0.25, 0.3) is 5.91 Å². The van der Waals surface area contributed by atoms with Crippen LogP contribution in [0.15, 0.2) is 52.5 Å². The van der Waals surface area contributed by atoms with Crippen LogP contribution >= 0.6 is 23.2 Å². The lowest BCUT2D eigenvalue weighted by atomic mass is 9.87. The highest BCUT2D eigenvalue weighted by Gasteiger charge is 2.25. The summed E-state index contributed by atoms with van der Waals surface area (Å²) in [6.07, 6.45) is 1.49.